The van der Waals surface area contributed by atoms with Gasteiger partial charge in [0.05, 0.1) is 17.8 Å². The summed E-state index contributed by atoms with van der Waals surface area (Å²) in [4.78, 5) is 12.4. The van der Waals surface area contributed by atoms with Gasteiger partial charge in [-0.3, -0.25) is 13.2 Å². The van der Waals surface area contributed by atoms with Gasteiger partial charge in [0.25, 0.3) is 26.1 Å². The molecule has 5 atom stereocenters. The van der Waals surface area contributed by atoms with Crippen LogP contribution in [0.3, 0.4) is 0 Å². The van der Waals surface area contributed by atoms with E-state index in [1.165, 1.54) is 24.3 Å². The largest absolute Gasteiger partial charge is 0.387 e. The second-order valence-electron chi connectivity index (χ2n) is 7.74. The molecule has 1 heterocycles. The Morgan fingerprint density at radius 1 is 1.03 bits per heavy atom. The van der Waals surface area contributed by atoms with Crippen LogP contribution in [0.5, 0.6) is 0 Å². The first-order valence-electron chi connectivity index (χ1n) is 10.1. The zero-order chi connectivity index (χ0) is 25.1. The van der Waals surface area contributed by atoms with E-state index in [0.717, 1.165) is 11.8 Å². The molecule has 0 aromatic heterocycles. The Hall–Kier alpha value is -2.39. The number of rotatable bonds is 8. The summed E-state index contributed by atoms with van der Waals surface area (Å²) in [6.45, 7) is 1.02. The third-order valence-corrected chi connectivity index (χ3v) is 6.88. The molecule has 1 amide bonds. The Labute approximate surface area is 197 Å². The molecule has 186 valence electrons. The summed E-state index contributed by atoms with van der Waals surface area (Å²) in [6.07, 6.45) is -6.09. The molecule has 0 bridgehead atoms. The topological polar surface area (TPSA) is 166 Å². The lowest BCUT2D eigenvalue weighted by molar-refractivity contribution is -0.245. The van der Waals surface area contributed by atoms with Gasteiger partial charge in [0, 0.05) is 5.56 Å². The van der Waals surface area contributed by atoms with E-state index in [9.17, 15) is 31.8 Å². The van der Waals surface area contributed by atoms with Crippen molar-refractivity contribution in [2.24, 2.45) is 0 Å². The number of benzene rings is 2. The van der Waals surface area contributed by atoms with Crippen molar-refractivity contribution in [2.45, 2.75) is 42.5 Å². The summed E-state index contributed by atoms with van der Waals surface area (Å²) in [5, 5.41) is 23.6. The Kier molecular flexibility index (Phi) is 8.08. The first-order chi connectivity index (χ1) is 15.9. The first-order valence-corrected chi connectivity index (χ1v) is 13.3. The predicted molar refractivity (Wildman–Crippen MR) is 119 cm³/mol. The number of hydrogen-bond acceptors (Lipinski definition) is 10. The van der Waals surface area contributed by atoms with Crippen LogP contribution in [0.4, 0.5) is 0 Å². The SMILES string of the molecule is Cc1ccc(S(=O)(=O)OC[C@H]2O[C@@H](O)[C@H](NC(=O)c3ccccc3)[C@H](OS(C)(=O)=O)[C@@H]2O)cc1. The summed E-state index contributed by atoms with van der Waals surface area (Å²) in [5.41, 5.74) is 1.04. The highest BCUT2D eigenvalue weighted by Gasteiger charge is 2.48. The van der Waals surface area contributed by atoms with Crippen molar-refractivity contribution in [3.05, 3.63) is 65.7 Å². The van der Waals surface area contributed by atoms with E-state index >= 15 is 0 Å². The third-order valence-electron chi connectivity index (χ3n) is 5.01. The zero-order valence-corrected chi connectivity index (χ0v) is 19.9. The molecule has 13 heteroatoms. The summed E-state index contributed by atoms with van der Waals surface area (Å²) >= 11 is 0. The van der Waals surface area contributed by atoms with Gasteiger partial charge >= 0.3 is 0 Å². The Morgan fingerprint density at radius 2 is 1.65 bits per heavy atom. The number of aliphatic hydroxyl groups excluding tert-OH is 2. The van der Waals surface area contributed by atoms with E-state index in [4.69, 9.17) is 13.1 Å². The molecule has 0 spiro atoms. The Bertz CT molecular complexity index is 1200. The maximum absolute atomic E-state index is 12.5. The van der Waals surface area contributed by atoms with E-state index in [1.807, 2.05) is 0 Å². The number of carbonyl (C=O) groups excluding carboxylic acids is 1. The van der Waals surface area contributed by atoms with Crippen molar-refractivity contribution in [1.82, 2.24) is 5.32 Å². The minimum Gasteiger partial charge on any atom is -0.387 e. The van der Waals surface area contributed by atoms with Gasteiger partial charge in [0.1, 0.15) is 24.4 Å². The number of aryl methyl sites for hydroxylation is 1. The molecule has 0 saturated carbocycles. The van der Waals surface area contributed by atoms with Gasteiger partial charge in [-0.2, -0.15) is 16.8 Å². The second-order valence-corrected chi connectivity index (χ2v) is 11.0. The van der Waals surface area contributed by atoms with Gasteiger partial charge in [-0.25, -0.2) is 0 Å². The van der Waals surface area contributed by atoms with Gasteiger partial charge in [-0.15, -0.1) is 0 Å². The molecular formula is C21H25NO10S2. The summed E-state index contributed by atoms with van der Waals surface area (Å²) in [6, 6.07) is 12.2. The van der Waals surface area contributed by atoms with Crippen LogP contribution in [0, 0.1) is 6.92 Å². The standard InChI is InChI=1S/C21H25NO10S2/c1-13-8-10-15(11-9-13)34(28,29)30-12-16-18(23)19(32-33(2,26)27)17(21(25)31-16)22-20(24)14-6-4-3-5-7-14/h3-11,16-19,21,23,25H,12H2,1-2H3,(H,22,24)/t16-,17-,18-,19+,21-/m1/s1. The number of aliphatic hydroxyl groups is 2. The van der Waals surface area contributed by atoms with Crippen LogP contribution in [-0.2, 0) is 33.3 Å². The minimum absolute atomic E-state index is 0.138. The number of carbonyl (C=O) groups is 1. The molecule has 1 aliphatic rings. The highest BCUT2D eigenvalue weighted by molar-refractivity contribution is 7.86. The van der Waals surface area contributed by atoms with Crippen LogP contribution >= 0.6 is 0 Å². The lowest BCUT2D eigenvalue weighted by Gasteiger charge is -2.42. The molecule has 3 N–H and O–H groups in total. The zero-order valence-electron chi connectivity index (χ0n) is 18.3. The lowest BCUT2D eigenvalue weighted by atomic mass is 9.97. The number of amides is 1. The van der Waals surface area contributed by atoms with Crippen molar-refractivity contribution < 1.29 is 44.9 Å². The Morgan fingerprint density at radius 3 is 2.24 bits per heavy atom. The van der Waals surface area contributed by atoms with Gasteiger partial charge in [0.2, 0.25) is 0 Å². The van der Waals surface area contributed by atoms with Crippen LogP contribution in [0.25, 0.3) is 0 Å². The molecule has 2 aromatic carbocycles. The van der Waals surface area contributed by atoms with E-state index in [0.29, 0.717) is 0 Å². The number of nitrogens with one attached hydrogen (secondary N) is 1. The Balaban J connectivity index is 1.78. The van der Waals surface area contributed by atoms with Crippen LogP contribution in [-0.4, -0.2) is 76.5 Å². The maximum atomic E-state index is 12.5. The molecule has 11 nitrogen and oxygen atoms in total. The molecule has 0 unspecified atom stereocenters. The van der Waals surface area contributed by atoms with Crippen molar-refractivity contribution in [1.29, 1.82) is 0 Å². The van der Waals surface area contributed by atoms with Crippen molar-refractivity contribution >= 4 is 26.1 Å². The second kappa shape index (κ2) is 10.5. The van der Waals surface area contributed by atoms with Gasteiger partial charge in [0.15, 0.2) is 6.29 Å². The number of hydrogen-bond donors (Lipinski definition) is 3. The molecular weight excluding hydrogens is 490 g/mol. The van der Waals surface area contributed by atoms with Crippen molar-refractivity contribution in [3.8, 4) is 0 Å². The fourth-order valence-corrected chi connectivity index (χ4v) is 4.85. The molecule has 34 heavy (non-hydrogen) atoms. The normalized spacial score (nSPS) is 25.6. The van der Waals surface area contributed by atoms with E-state index in [2.05, 4.69) is 5.32 Å². The quantitative estimate of drug-likeness (QED) is 0.405. The fourth-order valence-electron chi connectivity index (χ4n) is 3.29. The fraction of sp³-hybridized carbons (Fsp3) is 0.381. The van der Waals surface area contributed by atoms with Crippen molar-refractivity contribution in [3.63, 3.8) is 0 Å². The van der Waals surface area contributed by atoms with Crippen LogP contribution in [0.15, 0.2) is 59.5 Å². The predicted octanol–water partition coefficient (Wildman–Crippen LogP) is -0.0782. The monoisotopic (exact) mass is 515 g/mol. The average Bonchev–Trinajstić information content (AvgIpc) is 2.77. The molecule has 0 aliphatic carbocycles. The third kappa shape index (κ3) is 6.60. The summed E-state index contributed by atoms with van der Waals surface area (Å²) in [7, 11) is -8.40. The molecule has 3 rings (SSSR count). The molecule has 1 aliphatic heterocycles. The van der Waals surface area contributed by atoms with Gasteiger partial charge < -0.3 is 20.3 Å². The van der Waals surface area contributed by atoms with Crippen LogP contribution in [0.1, 0.15) is 15.9 Å². The van der Waals surface area contributed by atoms with Gasteiger partial charge in [-0.05, 0) is 31.2 Å². The van der Waals surface area contributed by atoms with Crippen molar-refractivity contribution in [2.75, 3.05) is 12.9 Å². The smallest absolute Gasteiger partial charge is 0.297 e. The maximum Gasteiger partial charge on any atom is 0.297 e. The highest BCUT2D eigenvalue weighted by Crippen LogP contribution is 2.26. The molecule has 1 fully saturated rings. The van der Waals surface area contributed by atoms with E-state index in [-0.39, 0.29) is 10.5 Å². The van der Waals surface area contributed by atoms with Crippen LogP contribution < -0.4 is 5.32 Å². The average molecular weight is 516 g/mol. The van der Waals surface area contributed by atoms with E-state index < -0.39 is 63.4 Å². The first kappa shape index (κ1) is 26.2. The summed E-state index contributed by atoms with van der Waals surface area (Å²) < 4.78 is 63.6. The van der Waals surface area contributed by atoms with E-state index in [1.54, 1.807) is 37.3 Å². The minimum atomic E-state index is -4.24. The molecule has 2 aromatic rings. The highest BCUT2D eigenvalue weighted by atomic mass is 32.2. The summed E-state index contributed by atoms with van der Waals surface area (Å²) in [5.74, 6) is -0.681. The number of ether oxygens (including phenoxy) is 1. The molecule has 0 radical (unpaired) electrons. The lowest BCUT2D eigenvalue weighted by Crippen LogP contribution is -2.65. The molecule has 1 saturated heterocycles. The van der Waals surface area contributed by atoms with Gasteiger partial charge in [-0.1, -0.05) is 35.9 Å². The van der Waals surface area contributed by atoms with Crippen LogP contribution in [0.2, 0.25) is 0 Å².